The Bertz CT molecular complexity index is 1520. The van der Waals surface area contributed by atoms with Gasteiger partial charge >= 0.3 is 5.97 Å². The van der Waals surface area contributed by atoms with Gasteiger partial charge in [-0.25, -0.2) is 13.6 Å². The Morgan fingerprint density at radius 2 is 1.69 bits per heavy atom. The molecular formula is C32H30ClF3N2O4. The zero-order chi connectivity index (χ0) is 29.9. The molecule has 42 heavy (non-hydrogen) atoms. The largest absolute Gasteiger partial charge is 0.488 e. The summed E-state index contributed by atoms with van der Waals surface area (Å²) in [7, 11) is 0. The summed E-state index contributed by atoms with van der Waals surface area (Å²) in [5, 5.41) is 0.502. The van der Waals surface area contributed by atoms with E-state index in [1.807, 2.05) is 35.2 Å². The van der Waals surface area contributed by atoms with Crippen LogP contribution in [0.15, 0.2) is 66.2 Å². The summed E-state index contributed by atoms with van der Waals surface area (Å²) in [6.45, 7) is 0.835. The molecule has 0 spiro atoms. The van der Waals surface area contributed by atoms with Gasteiger partial charge in [-0.1, -0.05) is 54.1 Å². The minimum Gasteiger partial charge on any atom is -0.488 e. The highest BCUT2D eigenvalue weighted by atomic mass is 35.5. The second-order valence-corrected chi connectivity index (χ2v) is 10.9. The zero-order valence-corrected chi connectivity index (χ0v) is 23.6. The number of benzene rings is 3. The molecule has 1 aliphatic carbocycles. The Kier molecular flexibility index (Phi) is 8.89. The molecule has 10 heteroatoms. The molecule has 1 saturated carbocycles. The first-order chi connectivity index (χ1) is 20.2. The van der Waals surface area contributed by atoms with Crippen molar-refractivity contribution in [2.45, 2.75) is 44.2 Å². The number of nitrogens with two attached hydrogens (primary N) is 1. The average molecular weight is 599 g/mol. The van der Waals surface area contributed by atoms with Crippen LogP contribution < -0.4 is 10.5 Å². The number of esters is 1. The number of primary amides is 1. The molecule has 1 heterocycles. The highest BCUT2D eigenvalue weighted by molar-refractivity contribution is 6.31. The number of hydrogen-bond acceptors (Lipinski definition) is 5. The van der Waals surface area contributed by atoms with Crippen molar-refractivity contribution in [2.24, 2.45) is 5.73 Å². The van der Waals surface area contributed by atoms with Gasteiger partial charge in [0.1, 0.15) is 12.1 Å². The summed E-state index contributed by atoms with van der Waals surface area (Å²) < 4.78 is 51.8. The minimum absolute atomic E-state index is 0.00304. The number of rotatable bonds is 11. The van der Waals surface area contributed by atoms with E-state index in [0.29, 0.717) is 60.9 Å². The van der Waals surface area contributed by atoms with Gasteiger partial charge in [-0.3, -0.25) is 9.69 Å². The van der Waals surface area contributed by atoms with Crippen LogP contribution in [0.4, 0.5) is 13.2 Å². The molecule has 6 nitrogen and oxygen atoms in total. The molecule has 220 valence electrons. The second-order valence-electron chi connectivity index (χ2n) is 10.5. The van der Waals surface area contributed by atoms with Crippen molar-refractivity contribution in [3.63, 3.8) is 0 Å². The third-order valence-electron chi connectivity index (χ3n) is 7.86. The van der Waals surface area contributed by atoms with Gasteiger partial charge < -0.3 is 15.2 Å². The van der Waals surface area contributed by atoms with Crippen molar-refractivity contribution in [1.82, 2.24) is 4.90 Å². The Hall–Kier alpha value is -3.82. The molecule has 2 aliphatic rings. The van der Waals surface area contributed by atoms with Crippen LogP contribution in [0.5, 0.6) is 5.75 Å². The van der Waals surface area contributed by atoms with Crippen molar-refractivity contribution < 1.29 is 32.2 Å². The maximum atomic E-state index is 13.8. The van der Waals surface area contributed by atoms with Crippen LogP contribution in [-0.2, 0) is 27.4 Å². The van der Waals surface area contributed by atoms with Gasteiger partial charge in [-0.05, 0) is 67.0 Å². The Morgan fingerprint density at radius 3 is 2.38 bits per heavy atom. The number of carbonyl (C=O) groups is 2. The maximum Gasteiger partial charge on any atom is 0.335 e. The highest BCUT2D eigenvalue weighted by Gasteiger charge is 2.54. The molecular weight excluding hydrogens is 569 g/mol. The first kappa shape index (κ1) is 29.7. The van der Waals surface area contributed by atoms with Crippen molar-refractivity contribution in [3.05, 3.63) is 105 Å². The van der Waals surface area contributed by atoms with E-state index in [9.17, 15) is 22.8 Å². The lowest BCUT2D eigenvalue weighted by atomic mass is 9.91. The molecule has 1 fully saturated rings. The molecule has 2 N–H and O–H groups in total. The first-order valence-corrected chi connectivity index (χ1v) is 14.1. The smallest absolute Gasteiger partial charge is 0.335 e. The minimum atomic E-state index is -1.34. The highest BCUT2D eigenvalue weighted by Crippen LogP contribution is 2.44. The quantitative estimate of drug-likeness (QED) is 0.167. The molecule has 0 saturated heterocycles. The van der Waals surface area contributed by atoms with Crippen LogP contribution >= 0.6 is 11.6 Å². The molecule has 3 aromatic rings. The Morgan fingerprint density at radius 1 is 0.976 bits per heavy atom. The zero-order valence-electron chi connectivity index (χ0n) is 22.8. The molecule has 0 radical (unpaired) electrons. The van der Waals surface area contributed by atoms with Gasteiger partial charge in [-0.15, -0.1) is 0 Å². The lowest BCUT2D eigenvalue weighted by Gasteiger charge is -2.35. The van der Waals surface area contributed by atoms with Gasteiger partial charge in [0, 0.05) is 23.7 Å². The summed E-state index contributed by atoms with van der Waals surface area (Å²) in [6, 6.07) is 16.3. The number of halogens is 4. The van der Waals surface area contributed by atoms with Crippen LogP contribution in [-0.4, -0.2) is 42.0 Å². The average Bonchev–Trinajstić information content (AvgIpc) is 3.81. The van der Waals surface area contributed by atoms with E-state index in [1.165, 1.54) is 0 Å². The normalized spacial score (nSPS) is 16.3. The molecule has 0 aromatic heterocycles. The van der Waals surface area contributed by atoms with Crippen LogP contribution in [0, 0.1) is 17.5 Å². The topological polar surface area (TPSA) is 81.9 Å². The second kappa shape index (κ2) is 12.6. The van der Waals surface area contributed by atoms with Crippen molar-refractivity contribution in [3.8, 4) is 5.75 Å². The van der Waals surface area contributed by atoms with Gasteiger partial charge in [0.25, 0.3) is 0 Å². The third-order valence-corrected chi connectivity index (χ3v) is 8.22. The summed E-state index contributed by atoms with van der Waals surface area (Å²) in [4.78, 5) is 27.6. The molecule has 5 rings (SSSR count). The van der Waals surface area contributed by atoms with Crippen LogP contribution in [0.25, 0.3) is 5.57 Å². The Balaban J connectivity index is 1.28. The first-order valence-electron chi connectivity index (χ1n) is 13.7. The fraction of sp³-hybridized carbons (Fsp3) is 0.312. The van der Waals surface area contributed by atoms with E-state index in [-0.39, 0.29) is 25.7 Å². The predicted molar refractivity (Wildman–Crippen MR) is 152 cm³/mol. The van der Waals surface area contributed by atoms with E-state index in [0.717, 1.165) is 22.8 Å². The van der Waals surface area contributed by atoms with Crippen molar-refractivity contribution >= 4 is 29.1 Å². The molecule has 3 aromatic carbocycles. The predicted octanol–water partition coefficient (Wildman–Crippen LogP) is 5.99. The number of nitrogens with zero attached hydrogens (tertiary/aromatic N) is 1. The van der Waals surface area contributed by atoms with E-state index in [2.05, 4.69) is 0 Å². The third kappa shape index (κ3) is 6.32. The van der Waals surface area contributed by atoms with E-state index >= 15 is 0 Å². The van der Waals surface area contributed by atoms with Gasteiger partial charge in [-0.2, -0.15) is 4.39 Å². The monoisotopic (exact) mass is 598 g/mol. The van der Waals surface area contributed by atoms with Crippen LogP contribution in [0.2, 0.25) is 5.02 Å². The molecule has 0 unspecified atom stereocenters. The van der Waals surface area contributed by atoms with E-state index < -0.39 is 34.7 Å². The van der Waals surface area contributed by atoms with Gasteiger partial charge in [0.05, 0.1) is 12.2 Å². The summed E-state index contributed by atoms with van der Waals surface area (Å²) in [5.41, 5.74) is 8.80. The lowest BCUT2D eigenvalue weighted by Crippen LogP contribution is -2.50. The number of amides is 1. The molecule has 1 amide bonds. The molecule has 1 aliphatic heterocycles. The molecule has 0 bridgehead atoms. The van der Waals surface area contributed by atoms with Crippen LogP contribution in [0.3, 0.4) is 0 Å². The van der Waals surface area contributed by atoms with Crippen LogP contribution in [0.1, 0.15) is 42.4 Å². The summed E-state index contributed by atoms with van der Waals surface area (Å²) >= 11 is 6.24. The number of hydrogen-bond donors (Lipinski definition) is 1. The van der Waals surface area contributed by atoms with Gasteiger partial charge in [0.2, 0.25) is 11.7 Å². The maximum absolute atomic E-state index is 13.8. The summed E-state index contributed by atoms with van der Waals surface area (Å²) in [5.74, 6) is -5.05. The van der Waals surface area contributed by atoms with E-state index in [1.54, 1.807) is 18.2 Å². The number of carbonyl (C=O) groups excluding carboxylic acids is 2. The fourth-order valence-corrected chi connectivity index (χ4v) is 5.47. The number of aryl methyl sites for hydroxylation is 1. The lowest BCUT2D eigenvalue weighted by molar-refractivity contribution is -0.141. The Labute approximate surface area is 246 Å². The van der Waals surface area contributed by atoms with Gasteiger partial charge in [0.15, 0.2) is 17.4 Å². The standard InChI is InChI=1S/C32H30ClF3N2O4/c33-25-6-2-1-5-22(25)19-42-30(39)24-18-38(32(14-15-32)31(37)40)16-13-23(24)21-9-7-20(8-10-21)4-3-17-41-29-27(35)12-11-26(34)28(29)36/h1-2,5-12H,3-4,13-19H2,(H2,37,40). The van der Waals surface area contributed by atoms with Crippen molar-refractivity contribution in [2.75, 3.05) is 19.7 Å². The van der Waals surface area contributed by atoms with Crippen molar-refractivity contribution in [1.29, 1.82) is 0 Å². The molecule has 0 atom stereocenters. The SMILES string of the molecule is NC(=O)C1(N2CCC(c3ccc(CCCOc4c(F)ccc(F)c4F)cc3)=C(C(=O)OCc3ccccc3Cl)C2)CC1. The van der Waals surface area contributed by atoms with E-state index in [4.69, 9.17) is 26.8 Å². The fourth-order valence-electron chi connectivity index (χ4n) is 5.28. The summed E-state index contributed by atoms with van der Waals surface area (Å²) in [6.07, 6.45) is 2.86. The number of ether oxygens (including phenoxy) is 2.